The van der Waals surface area contributed by atoms with Crippen molar-refractivity contribution in [2.24, 2.45) is 0 Å². The van der Waals surface area contributed by atoms with Crippen LogP contribution in [0.15, 0.2) is 0 Å². The highest BCUT2D eigenvalue weighted by atomic mass is 127. The van der Waals surface area contributed by atoms with Crippen molar-refractivity contribution >= 4 is 34.5 Å². The molecule has 0 aromatic rings. The number of hydrogen-bond donors (Lipinski definition) is 0. The molecule has 1 amide bonds. The summed E-state index contributed by atoms with van der Waals surface area (Å²) >= 11 is 2.08. The fraction of sp³-hybridized carbons (Fsp3) is 0.778. The Morgan fingerprint density at radius 1 is 1.64 bits per heavy atom. The standard InChI is InChI=1S/C9H12INO3/c1-9(5-10)8(13)11-4-2-3-6(11)7(12)14-9/h6H,2-5H2,1H3/t6-,9?/m1/s1. The van der Waals surface area contributed by atoms with Crippen molar-refractivity contribution in [1.29, 1.82) is 0 Å². The number of ether oxygens (including phenoxy) is 1. The quantitative estimate of drug-likeness (QED) is 0.407. The second-order valence-corrected chi connectivity index (χ2v) is 4.70. The third kappa shape index (κ3) is 1.32. The average molecular weight is 309 g/mol. The van der Waals surface area contributed by atoms with Crippen molar-refractivity contribution in [3.8, 4) is 0 Å². The molecule has 2 aliphatic heterocycles. The number of fused-ring (bicyclic) bond motifs is 1. The van der Waals surface area contributed by atoms with E-state index in [1.807, 2.05) is 0 Å². The predicted molar refractivity (Wildman–Crippen MR) is 58.1 cm³/mol. The first-order valence-electron chi connectivity index (χ1n) is 4.68. The summed E-state index contributed by atoms with van der Waals surface area (Å²) in [5.41, 5.74) is -0.932. The number of esters is 1. The third-order valence-electron chi connectivity index (χ3n) is 2.82. The number of rotatable bonds is 1. The number of halogens is 1. The molecule has 14 heavy (non-hydrogen) atoms. The van der Waals surface area contributed by atoms with E-state index in [2.05, 4.69) is 22.6 Å². The van der Waals surface area contributed by atoms with Gasteiger partial charge in [0.25, 0.3) is 5.91 Å². The van der Waals surface area contributed by atoms with Gasteiger partial charge in [-0.25, -0.2) is 4.79 Å². The molecule has 0 radical (unpaired) electrons. The van der Waals surface area contributed by atoms with Crippen molar-refractivity contribution < 1.29 is 14.3 Å². The van der Waals surface area contributed by atoms with Crippen LogP contribution in [0.3, 0.4) is 0 Å². The Morgan fingerprint density at radius 3 is 3.00 bits per heavy atom. The second-order valence-electron chi connectivity index (χ2n) is 3.94. The first kappa shape index (κ1) is 10.2. The lowest BCUT2D eigenvalue weighted by molar-refractivity contribution is -0.185. The van der Waals surface area contributed by atoms with E-state index in [0.29, 0.717) is 11.0 Å². The third-order valence-corrected chi connectivity index (χ3v) is 4.27. The van der Waals surface area contributed by atoms with Crippen molar-refractivity contribution in [2.75, 3.05) is 11.0 Å². The van der Waals surface area contributed by atoms with Gasteiger partial charge < -0.3 is 9.64 Å². The van der Waals surface area contributed by atoms with Gasteiger partial charge in [-0.15, -0.1) is 0 Å². The molecule has 2 rings (SSSR count). The fourth-order valence-corrected chi connectivity index (χ4v) is 2.46. The van der Waals surface area contributed by atoms with Crippen molar-refractivity contribution in [3.05, 3.63) is 0 Å². The molecule has 2 aliphatic rings. The monoisotopic (exact) mass is 309 g/mol. The van der Waals surface area contributed by atoms with Gasteiger partial charge in [0.05, 0.1) is 0 Å². The maximum absolute atomic E-state index is 11.9. The van der Waals surface area contributed by atoms with Gasteiger partial charge in [0.1, 0.15) is 6.04 Å². The van der Waals surface area contributed by atoms with Gasteiger partial charge in [0, 0.05) is 11.0 Å². The Balaban J connectivity index is 2.29. The van der Waals surface area contributed by atoms with Crippen molar-refractivity contribution in [3.63, 3.8) is 0 Å². The maximum atomic E-state index is 11.9. The Hall–Kier alpha value is -0.330. The van der Waals surface area contributed by atoms with E-state index in [1.165, 1.54) is 0 Å². The highest BCUT2D eigenvalue weighted by molar-refractivity contribution is 14.1. The molecule has 0 bridgehead atoms. The smallest absolute Gasteiger partial charge is 0.329 e. The molecule has 1 unspecified atom stereocenters. The molecule has 78 valence electrons. The first-order valence-corrected chi connectivity index (χ1v) is 6.21. The van der Waals surface area contributed by atoms with Gasteiger partial charge in [-0.2, -0.15) is 0 Å². The van der Waals surface area contributed by atoms with Crippen LogP contribution in [0.2, 0.25) is 0 Å². The average Bonchev–Trinajstić information content (AvgIpc) is 2.63. The van der Waals surface area contributed by atoms with E-state index in [-0.39, 0.29) is 17.9 Å². The van der Waals surface area contributed by atoms with Crippen LogP contribution in [0.1, 0.15) is 19.8 Å². The lowest BCUT2D eigenvalue weighted by Crippen LogP contribution is -2.60. The second kappa shape index (κ2) is 3.36. The Labute approximate surface area is 96.1 Å². The normalized spacial score (nSPS) is 37.0. The number of carbonyl (C=O) groups excluding carboxylic acids is 2. The van der Waals surface area contributed by atoms with Gasteiger partial charge in [-0.1, -0.05) is 22.6 Å². The minimum Gasteiger partial charge on any atom is -0.447 e. The van der Waals surface area contributed by atoms with Gasteiger partial charge >= 0.3 is 5.97 Å². The summed E-state index contributed by atoms with van der Waals surface area (Å²) in [6, 6.07) is -0.307. The Bertz CT molecular complexity index is 294. The summed E-state index contributed by atoms with van der Waals surface area (Å²) < 4.78 is 5.72. The summed E-state index contributed by atoms with van der Waals surface area (Å²) in [4.78, 5) is 25.2. The van der Waals surface area contributed by atoms with Crippen molar-refractivity contribution in [2.45, 2.75) is 31.4 Å². The van der Waals surface area contributed by atoms with E-state index >= 15 is 0 Å². The number of alkyl halides is 1. The molecule has 2 atom stereocenters. The van der Waals surface area contributed by atoms with Crippen LogP contribution in [0.4, 0.5) is 0 Å². The lowest BCUT2D eigenvalue weighted by Gasteiger charge is -2.39. The molecule has 0 N–H and O–H groups in total. The van der Waals surface area contributed by atoms with Crippen molar-refractivity contribution in [1.82, 2.24) is 4.90 Å². The van der Waals surface area contributed by atoms with E-state index in [1.54, 1.807) is 11.8 Å². The highest BCUT2D eigenvalue weighted by Crippen LogP contribution is 2.31. The van der Waals surface area contributed by atoms with Crippen LogP contribution in [-0.4, -0.2) is 39.4 Å². The minimum absolute atomic E-state index is 0.0333. The summed E-state index contributed by atoms with van der Waals surface area (Å²) in [6.45, 7) is 2.39. The summed E-state index contributed by atoms with van der Waals surface area (Å²) in [6.07, 6.45) is 1.66. The zero-order valence-electron chi connectivity index (χ0n) is 7.96. The summed E-state index contributed by atoms with van der Waals surface area (Å²) in [7, 11) is 0. The lowest BCUT2D eigenvalue weighted by atomic mass is 10.0. The maximum Gasteiger partial charge on any atom is 0.329 e. The number of amides is 1. The Morgan fingerprint density at radius 2 is 2.36 bits per heavy atom. The predicted octanol–water partition coefficient (Wildman–Crippen LogP) is 0.728. The summed E-state index contributed by atoms with van der Waals surface area (Å²) in [5, 5.41) is 0. The Kier molecular flexibility index (Phi) is 2.45. The largest absolute Gasteiger partial charge is 0.447 e. The molecular formula is C9H12INO3. The number of morpholine rings is 1. The topological polar surface area (TPSA) is 46.6 Å². The summed E-state index contributed by atoms with van der Waals surface area (Å²) in [5.74, 6) is -0.268. The van der Waals surface area contributed by atoms with E-state index in [4.69, 9.17) is 4.74 Å². The van der Waals surface area contributed by atoms with Gasteiger partial charge in [-0.05, 0) is 19.8 Å². The zero-order valence-corrected chi connectivity index (χ0v) is 10.1. The SMILES string of the molecule is CC1(CI)OC(=O)[C@H]2CCCN2C1=O. The molecule has 4 nitrogen and oxygen atoms in total. The molecule has 2 heterocycles. The number of hydrogen-bond acceptors (Lipinski definition) is 3. The van der Waals surface area contributed by atoms with Crippen LogP contribution in [0, 0.1) is 0 Å². The van der Waals surface area contributed by atoms with E-state index < -0.39 is 5.60 Å². The fourth-order valence-electron chi connectivity index (χ4n) is 1.98. The minimum atomic E-state index is -0.932. The van der Waals surface area contributed by atoms with Crippen LogP contribution >= 0.6 is 22.6 Å². The van der Waals surface area contributed by atoms with E-state index in [9.17, 15) is 9.59 Å². The molecule has 2 fully saturated rings. The van der Waals surface area contributed by atoms with Crippen LogP contribution in [0.25, 0.3) is 0 Å². The van der Waals surface area contributed by atoms with Gasteiger partial charge in [-0.3, -0.25) is 4.79 Å². The van der Waals surface area contributed by atoms with Gasteiger partial charge in [0.2, 0.25) is 0 Å². The molecule has 0 spiro atoms. The zero-order chi connectivity index (χ0) is 10.3. The van der Waals surface area contributed by atoms with Gasteiger partial charge in [0.15, 0.2) is 5.60 Å². The molecule has 2 saturated heterocycles. The molecule has 0 aromatic carbocycles. The number of carbonyl (C=O) groups is 2. The van der Waals surface area contributed by atoms with Crippen LogP contribution in [0.5, 0.6) is 0 Å². The highest BCUT2D eigenvalue weighted by Gasteiger charge is 2.51. The molecule has 5 heteroatoms. The first-order chi connectivity index (χ1) is 6.58. The molecular weight excluding hydrogens is 297 g/mol. The number of cyclic esters (lactones) is 1. The van der Waals surface area contributed by atoms with E-state index in [0.717, 1.165) is 12.8 Å². The molecule has 0 aliphatic carbocycles. The van der Waals surface area contributed by atoms with Crippen LogP contribution in [-0.2, 0) is 14.3 Å². The molecule has 0 saturated carbocycles. The number of nitrogens with zero attached hydrogens (tertiary/aromatic N) is 1. The van der Waals surface area contributed by atoms with Crippen LogP contribution < -0.4 is 0 Å². The molecule has 0 aromatic heterocycles.